The third kappa shape index (κ3) is 3.65. The zero-order valence-electron chi connectivity index (χ0n) is 13.0. The van der Waals surface area contributed by atoms with Crippen molar-refractivity contribution < 1.29 is 4.79 Å². The minimum absolute atomic E-state index is 0.130. The van der Waals surface area contributed by atoms with Crippen molar-refractivity contribution in [2.24, 2.45) is 0 Å². The highest BCUT2D eigenvalue weighted by molar-refractivity contribution is 7.15. The van der Waals surface area contributed by atoms with Crippen molar-refractivity contribution in [1.82, 2.24) is 9.97 Å². The molecule has 0 radical (unpaired) electrons. The van der Waals surface area contributed by atoms with Crippen LogP contribution >= 0.6 is 11.3 Å². The van der Waals surface area contributed by atoms with Crippen molar-refractivity contribution in [2.45, 2.75) is 13.3 Å². The summed E-state index contributed by atoms with van der Waals surface area (Å²) in [5, 5.41) is 12.6. The van der Waals surface area contributed by atoms with Crippen LogP contribution in [-0.4, -0.2) is 15.9 Å². The van der Waals surface area contributed by atoms with E-state index in [0.29, 0.717) is 11.3 Å². The number of anilines is 1. The van der Waals surface area contributed by atoms with Crippen molar-refractivity contribution in [2.75, 3.05) is 5.32 Å². The van der Waals surface area contributed by atoms with Crippen LogP contribution in [0.15, 0.2) is 48.8 Å². The summed E-state index contributed by atoms with van der Waals surface area (Å²) >= 11 is 1.49. The molecule has 0 aliphatic carbocycles. The fourth-order valence-electron chi connectivity index (χ4n) is 2.22. The molecule has 2 heterocycles. The van der Waals surface area contributed by atoms with Crippen LogP contribution in [0.1, 0.15) is 16.1 Å². The van der Waals surface area contributed by atoms with E-state index in [1.165, 1.54) is 11.3 Å². The predicted molar refractivity (Wildman–Crippen MR) is 93.6 cm³/mol. The molecule has 2 aromatic heterocycles. The molecule has 0 bridgehead atoms. The van der Waals surface area contributed by atoms with Gasteiger partial charge in [0.1, 0.15) is 5.01 Å². The summed E-state index contributed by atoms with van der Waals surface area (Å²) < 4.78 is 0. The Morgan fingerprint density at radius 3 is 2.96 bits per heavy atom. The van der Waals surface area contributed by atoms with Crippen molar-refractivity contribution in [3.05, 3.63) is 64.9 Å². The number of rotatable bonds is 4. The summed E-state index contributed by atoms with van der Waals surface area (Å²) in [4.78, 5) is 21.8. The Hall–Kier alpha value is -3.04. The zero-order valence-corrected chi connectivity index (χ0v) is 13.8. The fourth-order valence-corrected chi connectivity index (χ4v) is 3.27. The number of nitriles is 1. The van der Waals surface area contributed by atoms with E-state index in [9.17, 15) is 4.79 Å². The molecule has 3 aromatic rings. The standard InChI is InChI=1S/C18H14N4OS/c1-12-16(24-18(21-12)14-5-3-7-20-11-14)9-17(23)22-15-6-2-4-13(8-15)10-19/h2-8,11H,9H2,1H3,(H,22,23). The van der Waals surface area contributed by atoms with Gasteiger partial charge in [0.15, 0.2) is 0 Å². The smallest absolute Gasteiger partial charge is 0.229 e. The number of hydrogen-bond acceptors (Lipinski definition) is 5. The van der Waals surface area contributed by atoms with E-state index in [-0.39, 0.29) is 12.3 Å². The van der Waals surface area contributed by atoms with Gasteiger partial charge in [0.05, 0.1) is 23.7 Å². The molecule has 0 saturated heterocycles. The number of aryl methyl sites for hydroxylation is 1. The Morgan fingerprint density at radius 1 is 1.33 bits per heavy atom. The van der Waals surface area contributed by atoms with Crippen LogP contribution in [-0.2, 0) is 11.2 Å². The van der Waals surface area contributed by atoms with Gasteiger partial charge in [0.25, 0.3) is 0 Å². The van der Waals surface area contributed by atoms with Gasteiger partial charge in [-0.25, -0.2) is 4.98 Å². The summed E-state index contributed by atoms with van der Waals surface area (Å²) in [7, 11) is 0. The van der Waals surface area contributed by atoms with E-state index in [4.69, 9.17) is 5.26 Å². The maximum atomic E-state index is 12.3. The number of carbonyl (C=O) groups is 1. The summed E-state index contributed by atoms with van der Waals surface area (Å²) in [6, 6.07) is 12.7. The Labute approximate surface area is 143 Å². The van der Waals surface area contributed by atoms with Gasteiger partial charge in [-0.15, -0.1) is 11.3 Å². The van der Waals surface area contributed by atoms with E-state index in [1.54, 1.807) is 36.7 Å². The number of aromatic nitrogens is 2. The summed E-state index contributed by atoms with van der Waals surface area (Å²) in [6.07, 6.45) is 3.73. The summed E-state index contributed by atoms with van der Waals surface area (Å²) in [6.45, 7) is 1.90. The number of nitrogens with one attached hydrogen (secondary N) is 1. The molecule has 1 aromatic carbocycles. The number of benzene rings is 1. The molecule has 5 nitrogen and oxygen atoms in total. The first-order valence-electron chi connectivity index (χ1n) is 7.32. The number of thiazole rings is 1. The molecule has 6 heteroatoms. The predicted octanol–water partition coefficient (Wildman–Crippen LogP) is 3.57. The summed E-state index contributed by atoms with van der Waals surface area (Å²) in [5.41, 5.74) is 2.92. The molecule has 0 fully saturated rings. The molecule has 1 amide bonds. The topological polar surface area (TPSA) is 78.7 Å². The second kappa shape index (κ2) is 7.02. The van der Waals surface area contributed by atoms with Crippen LogP contribution in [0.25, 0.3) is 10.6 Å². The van der Waals surface area contributed by atoms with Gasteiger partial charge < -0.3 is 5.32 Å². The summed E-state index contributed by atoms with van der Waals surface area (Å²) in [5.74, 6) is -0.130. The first kappa shape index (κ1) is 15.8. The van der Waals surface area contributed by atoms with Crippen LogP contribution in [0, 0.1) is 18.3 Å². The first-order valence-corrected chi connectivity index (χ1v) is 8.14. The van der Waals surface area contributed by atoms with Gasteiger partial charge in [0, 0.05) is 28.5 Å². The maximum absolute atomic E-state index is 12.3. The Kier molecular flexibility index (Phi) is 4.64. The Balaban J connectivity index is 1.73. The largest absolute Gasteiger partial charge is 0.326 e. The lowest BCUT2D eigenvalue weighted by atomic mass is 10.2. The van der Waals surface area contributed by atoms with Gasteiger partial charge >= 0.3 is 0 Å². The molecule has 1 N–H and O–H groups in total. The SMILES string of the molecule is Cc1nc(-c2cccnc2)sc1CC(=O)Nc1cccc(C#N)c1. The molecular weight excluding hydrogens is 320 g/mol. The van der Waals surface area contributed by atoms with Crippen molar-refractivity contribution in [1.29, 1.82) is 5.26 Å². The van der Waals surface area contributed by atoms with Crippen LogP contribution in [0.2, 0.25) is 0 Å². The molecule has 24 heavy (non-hydrogen) atoms. The molecule has 0 unspecified atom stereocenters. The normalized spacial score (nSPS) is 10.2. The van der Waals surface area contributed by atoms with Gasteiger partial charge in [-0.1, -0.05) is 6.07 Å². The molecule has 0 atom stereocenters. The van der Waals surface area contributed by atoms with Gasteiger partial charge in [-0.2, -0.15) is 5.26 Å². The average molecular weight is 334 g/mol. The second-order valence-corrected chi connectivity index (χ2v) is 6.27. The van der Waals surface area contributed by atoms with E-state index >= 15 is 0 Å². The van der Waals surface area contributed by atoms with Crippen molar-refractivity contribution >= 4 is 22.9 Å². The third-order valence-electron chi connectivity index (χ3n) is 3.40. The van der Waals surface area contributed by atoms with E-state index < -0.39 is 0 Å². The lowest BCUT2D eigenvalue weighted by molar-refractivity contribution is -0.115. The third-order valence-corrected chi connectivity index (χ3v) is 4.60. The number of pyridine rings is 1. The van der Waals surface area contributed by atoms with Crippen molar-refractivity contribution in [3.63, 3.8) is 0 Å². The monoisotopic (exact) mass is 334 g/mol. The van der Waals surface area contributed by atoms with E-state index in [1.807, 2.05) is 19.1 Å². The molecule has 0 saturated carbocycles. The number of carbonyl (C=O) groups excluding carboxylic acids is 1. The number of amides is 1. The maximum Gasteiger partial charge on any atom is 0.229 e. The van der Waals surface area contributed by atoms with E-state index in [2.05, 4.69) is 21.4 Å². The average Bonchev–Trinajstić information content (AvgIpc) is 2.96. The lowest BCUT2D eigenvalue weighted by Gasteiger charge is -2.04. The first-order chi connectivity index (χ1) is 11.7. The lowest BCUT2D eigenvalue weighted by Crippen LogP contribution is -2.14. The zero-order chi connectivity index (χ0) is 16.9. The van der Waals surface area contributed by atoms with Crippen LogP contribution < -0.4 is 5.32 Å². The molecule has 118 valence electrons. The quantitative estimate of drug-likeness (QED) is 0.791. The van der Waals surface area contributed by atoms with Gasteiger partial charge in [-0.3, -0.25) is 9.78 Å². The van der Waals surface area contributed by atoms with Crippen LogP contribution in [0.5, 0.6) is 0 Å². The van der Waals surface area contributed by atoms with Crippen molar-refractivity contribution in [3.8, 4) is 16.6 Å². The highest BCUT2D eigenvalue weighted by Crippen LogP contribution is 2.27. The van der Waals surface area contributed by atoms with Crippen LogP contribution in [0.3, 0.4) is 0 Å². The molecule has 0 aliphatic rings. The number of nitrogens with zero attached hydrogens (tertiary/aromatic N) is 3. The number of hydrogen-bond donors (Lipinski definition) is 1. The molecule has 0 spiro atoms. The minimum atomic E-state index is -0.130. The molecule has 3 rings (SSSR count). The molecule has 0 aliphatic heterocycles. The Morgan fingerprint density at radius 2 is 2.21 bits per heavy atom. The Bertz CT molecular complexity index is 912. The highest BCUT2D eigenvalue weighted by atomic mass is 32.1. The second-order valence-electron chi connectivity index (χ2n) is 5.19. The highest BCUT2D eigenvalue weighted by Gasteiger charge is 2.13. The fraction of sp³-hybridized carbons (Fsp3) is 0.111. The van der Waals surface area contributed by atoms with Gasteiger partial charge in [-0.05, 0) is 37.3 Å². The van der Waals surface area contributed by atoms with Crippen LogP contribution in [0.4, 0.5) is 5.69 Å². The van der Waals surface area contributed by atoms with Gasteiger partial charge in [0.2, 0.25) is 5.91 Å². The minimum Gasteiger partial charge on any atom is -0.326 e. The molecular formula is C18H14N4OS. The van der Waals surface area contributed by atoms with E-state index in [0.717, 1.165) is 21.1 Å².